The molecule has 0 radical (unpaired) electrons. The van der Waals surface area contributed by atoms with Crippen LogP contribution in [0.25, 0.3) is 98.6 Å². The Hall–Kier alpha value is -7.69. The molecule has 0 saturated heterocycles. The van der Waals surface area contributed by atoms with E-state index in [9.17, 15) is 0 Å². The van der Waals surface area contributed by atoms with Crippen molar-refractivity contribution in [3.63, 3.8) is 0 Å². The van der Waals surface area contributed by atoms with Crippen LogP contribution in [0.1, 0.15) is 0 Å². The van der Waals surface area contributed by atoms with Crippen LogP contribution in [0.4, 0.5) is 17.1 Å². The molecule has 0 bridgehead atoms. The number of nitrogens with zero attached hydrogens (tertiary/aromatic N) is 2. The lowest BCUT2D eigenvalue weighted by Crippen LogP contribution is -2.09. The van der Waals surface area contributed by atoms with Gasteiger partial charge in [0.25, 0.3) is 0 Å². The third-order valence-electron chi connectivity index (χ3n) is 11.5. The molecule has 0 spiro atoms. The lowest BCUT2D eigenvalue weighted by atomic mass is 9.99. The van der Waals surface area contributed by atoms with Crippen LogP contribution in [0.3, 0.4) is 0 Å². The lowest BCUT2D eigenvalue weighted by molar-refractivity contribution is 0.669. The second-order valence-corrected chi connectivity index (χ2v) is 14.8. The van der Waals surface area contributed by atoms with Gasteiger partial charge in [-0.15, -0.1) is 0 Å². The van der Waals surface area contributed by atoms with Gasteiger partial charge in [-0.25, -0.2) is 0 Å². The maximum Gasteiger partial charge on any atom is 0.137 e. The van der Waals surface area contributed by atoms with E-state index < -0.39 is 0 Å². The van der Waals surface area contributed by atoms with Gasteiger partial charge in [-0.05, 0) is 111 Å². The zero-order chi connectivity index (χ0) is 37.5. The summed E-state index contributed by atoms with van der Waals surface area (Å²) < 4.78 is 13.1. The average molecular weight is 729 g/mol. The molecule has 266 valence electrons. The summed E-state index contributed by atoms with van der Waals surface area (Å²) in [6.45, 7) is 0. The van der Waals surface area contributed by atoms with Crippen molar-refractivity contribution in [1.82, 2.24) is 4.98 Å². The Morgan fingerprint density at radius 1 is 0.333 bits per heavy atom. The van der Waals surface area contributed by atoms with Crippen molar-refractivity contribution in [2.75, 3.05) is 4.90 Å². The number of pyridine rings is 1. The van der Waals surface area contributed by atoms with Gasteiger partial charge in [0.2, 0.25) is 0 Å². The largest absolute Gasteiger partial charge is 0.456 e. The molecule has 4 nitrogen and oxygen atoms in total. The van der Waals surface area contributed by atoms with Gasteiger partial charge in [0.15, 0.2) is 0 Å². The number of aromatic nitrogens is 1. The van der Waals surface area contributed by atoms with Gasteiger partial charge < -0.3 is 13.7 Å². The maximum absolute atomic E-state index is 6.57. The number of hydrogen-bond acceptors (Lipinski definition) is 4. The fourth-order valence-electron chi connectivity index (χ4n) is 8.71. The molecular formula is C53H32N2O2. The Kier molecular flexibility index (Phi) is 6.89. The van der Waals surface area contributed by atoms with Crippen molar-refractivity contribution >= 4 is 93.4 Å². The molecule has 0 aliphatic rings. The molecule has 0 atom stereocenters. The van der Waals surface area contributed by atoms with Crippen molar-refractivity contribution in [2.45, 2.75) is 0 Å². The van der Waals surface area contributed by atoms with E-state index in [1.54, 1.807) is 0 Å². The highest BCUT2D eigenvalue weighted by Crippen LogP contribution is 2.43. The molecule has 0 fully saturated rings. The van der Waals surface area contributed by atoms with Crippen molar-refractivity contribution in [3.8, 4) is 22.3 Å². The molecule has 57 heavy (non-hydrogen) atoms. The van der Waals surface area contributed by atoms with Gasteiger partial charge in [0.1, 0.15) is 22.3 Å². The smallest absolute Gasteiger partial charge is 0.137 e. The third-order valence-corrected chi connectivity index (χ3v) is 11.5. The van der Waals surface area contributed by atoms with Gasteiger partial charge in [-0.2, -0.15) is 0 Å². The summed E-state index contributed by atoms with van der Waals surface area (Å²) in [6, 6.07) is 66.7. The fraction of sp³-hybridized carbons (Fsp3) is 0. The molecular weight excluding hydrogens is 697 g/mol. The first-order valence-corrected chi connectivity index (χ1v) is 19.3. The molecule has 12 aromatic rings. The minimum absolute atomic E-state index is 0.847. The molecule has 3 aromatic heterocycles. The van der Waals surface area contributed by atoms with Crippen LogP contribution in [0.15, 0.2) is 203 Å². The summed E-state index contributed by atoms with van der Waals surface area (Å²) in [5.74, 6) is 0. The highest BCUT2D eigenvalue weighted by Gasteiger charge is 2.19. The first kappa shape index (κ1) is 31.6. The highest BCUT2D eigenvalue weighted by molar-refractivity contribution is 6.20. The Labute approximate surface area is 327 Å². The zero-order valence-electron chi connectivity index (χ0n) is 30.7. The van der Waals surface area contributed by atoms with Crippen LogP contribution in [0, 0.1) is 0 Å². The second kappa shape index (κ2) is 12.4. The van der Waals surface area contributed by atoms with E-state index >= 15 is 0 Å². The summed E-state index contributed by atoms with van der Waals surface area (Å²) in [4.78, 5) is 6.77. The summed E-state index contributed by atoms with van der Waals surface area (Å²) in [6.07, 6.45) is 1.84. The summed E-state index contributed by atoms with van der Waals surface area (Å²) >= 11 is 0. The molecule has 4 heteroatoms. The SMILES string of the molecule is c1cnc2ccc(-c3ccc(-c4ccc(N(c5ccc6c(c5)oc5ccc7ccccc7c56)c5ccc6c(c5)oc5ccc7ccccc7c56)cc4)cc3)cc2c1. The Morgan fingerprint density at radius 3 is 1.42 bits per heavy atom. The topological polar surface area (TPSA) is 42.4 Å². The Morgan fingerprint density at radius 2 is 0.825 bits per heavy atom. The molecule has 0 amide bonds. The summed E-state index contributed by atoms with van der Waals surface area (Å²) in [7, 11) is 0. The van der Waals surface area contributed by atoms with Crippen LogP contribution in [0.5, 0.6) is 0 Å². The van der Waals surface area contributed by atoms with E-state index in [2.05, 4.69) is 192 Å². The molecule has 0 saturated carbocycles. The lowest BCUT2D eigenvalue weighted by Gasteiger charge is -2.25. The third kappa shape index (κ3) is 5.12. The maximum atomic E-state index is 6.57. The Bertz CT molecular complexity index is 3370. The summed E-state index contributed by atoms with van der Waals surface area (Å²) in [5.41, 5.74) is 12.1. The van der Waals surface area contributed by atoms with E-state index in [0.717, 1.165) is 83.0 Å². The first-order valence-electron chi connectivity index (χ1n) is 19.3. The van der Waals surface area contributed by atoms with Crippen molar-refractivity contribution in [3.05, 3.63) is 194 Å². The monoisotopic (exact) mass is 728 g/mol. The minimum Gasteiger partial charge on any atom is -0.456 e. The Balaban J connectivity index is 0.968. The molecule has 0 aliphatic heterocycles. The predicted octanol–water partition coefficient (Wildman–Crippen LogP) is 15.1. The normalized spacial score (nSPS) is 11.9. The molecule has 9 aromatic carbocycles. The van der Waals surface area contributed by atoms with Crippen LogP contribution in [-0.4, -0.2) is 4.98 Å². The van der Waals surface area contributed by atoms with Crippen LogP contribution in [-0.2, 0) is 0 Å². The zero-order valence-corrected chi connectivity index (χ0v) is 30.7. The molecule has 0 aliphatic carbocycles. The van der Waals surface area contributed by atoms with Gasteiger partial charge in [0.05, 0.1) is 5.52 Å². The van der Waals surface area contributed by atoms with Gasteiger partial charge in [0, 0.05) is 62.3 Å². The van der Waals surface area contributed by atoms with E-state index in [1.165, 1.54) is 32.7 Å². The van der Waals surface area contributed by atoms with E-state index in [1.807, 2.05) is 12.3 Å². The number of benzene rings is 9. The minimum atomic E-state index is 0.847. The average Bonchev–Trinajstić information content (AvgIpc) is 3.85. The van der Waals surface area contributed by atoms with Gasteiger partial charge in [-0.3, -0.25) is 4.98 Å². The van der Waals surface area contributed by atoms with Crippen molar-refractivity contribution in [1.29, 1.82) is 0 Å². The summed E-state index contributed by atoms with van der Waals surface area (Å²) in [5, 5.41) is 10.4. The second-order valence-electron chi connectivity index (χ2n) is 14.8. The fourth-order valence-corrected chi connectivity index (χ4v) is 8.71. The van der Waals surface area contributed by atoms with E-state index in [0.29, 0.717) is 0 Å². The van der Waals surface area contributed by atoms with Crippen LogP contribution in [0.2, 0.25) is 0 Å². The predicted molar refractivity (Wildman–Crippen MR) is 237 cm³/mol. The number of fused-ring (bicyclic) bond motifs is 11. The van der Waals surface area contributed by atoms with E-state index in [4.69, 9.17) is 8.83 Å². The van der Waals surface area contributed by atoms with Crippen LogP contribution < -0.4 is 4.90 Å². The van der Waals surface area contributed by atoms with Crippen molar-refractivity contribution < 1.29 is 8.83 Å². The van der Waals surface area contributed by atoms with Crippen molar-refractivity contribution in [2.24, 2.45) is 0 Å². The van der Waals surface area contributed by atoms with Crippen LogP contribution >= 0.6 is 0 Å². The van der Waals surface area contributed by atoms with E-state index in [-0.39, 0.29) is 0 Å². The number of anilines is 3. The van der Waals surface area contributed by atoms with Gasteiger partial charge in [-0.1, -0.05) is 109 Å². The molecule has 3 heterocycles. The van der Waals surface area contributed by atoms with Gasteiger partial charge >= 0.3 is 0 Å². The molecule has 0 N–H and O–H groups in total. The number of rotatable bonds is 5. The first-order chi connectivity index (χ1) is 28.2. The highest BCUT2D eigenvalue weighted by atomic mass is 16.3. The molecule has 12 rings (SSSR count). The molecule has 0 unspecified atom stereocenters. The standard InChI is InChI=1S/C53H32N2O2/c1-3-9-43-36(6-1)18-27-48-52(43)45-24-22-41(31-50(45)56-48)55(42-23-25-46-51(32-42)57-49-28-19-37-7-2-4-10-44(37)53(46)49)40-20-15-34(16-21-40)33-11-13-35(14-12-33)38-17-26-47-39(30-38)8-5-29-54-47/h1-32H. The number of hydrogen-bond donors (Lipinski definition) is 0. The quantitative estimate of drug-likeness (QED) is 0.177. The number of furan rings is 2.